The van der Waals surface area contributed by atoms with E-state index in [9.17, 15) is 0 Å². The van der Waals surface area contributed by atoms with E-state index in [0.717, 1.165) is 83.7 Å². The Hall–Kier alpha value is -5.32. The molecule has 5 aromatic rings. The van der Waals surface area contributed by atoms with Crippen molar-refractivity contribution in [3.8, 4) is 22.3 Å². The maximum Gasteiger partial charge on any atom is 0.0701 e. The zero-order chi connectivity index (χ0) is 92.2. The fourth-order valence-corrected chi connectivity index (χ4v) is 15.4. The van der Waals surface area contributed by atoms with Crippen LogP contribution in [0.1, 0.15) is 101 Å². The molecule has 131 heavy (non-hydrogen) atoms. The van der Waals surface area contributed by atoms with Crippen LogP contribution in [0.5, 0.6) is 0 Å². The molecule has 0 heterocycles. The highest BCUT2D eigenvalue weighted by Gasteiger charge is 2.44. The van der Waals surface area contributed by atoms with Crippen LogP contribution in [0.25, 0.3) is 52.6 Å². The van der Waals surface area contributed by atoms with Crippen molar-refractivity contribution in [1.29, 1.82) is 0 Å². The number of hydrogen-bond donors (Lipinski definition) is 0. The Labute approximate surface area is 789 Å². The van der Waals surface area contributed by atoms with Gasteiger partial charge in [0.1, 0.15) is 0 Å². The first-order chi connectivity index (χ1) is 64.9. The van der Waals surface area contributed by atoms with E-state index in [-0.39, 0.29) is 10.8 Å². The van der Waals surface area contributed by atoms with Crippen molar-refractivity contribution in [3.05, 3.63) is 158 Å². The summed E-state index contributed by atoms with van der Waals surface area (Å²) in [5.74, 6) is 0. The highest BCUT2D eigenvalue weighted by atomic mass is 79.9. The van der Waals surface area contributed by atoms with Crippen LogP contribution in [0, 0.1) is 0 Å². The molecule has 0 amide bonds. The third-order valence-electron chi connectivity index (χ3n) is 21.6. The van der Waals surface area contributed by atoms with Gasteiger partial charge >= 0.3 is 0 Å². The summed E-state index contributed by atoms with van der Waals surface area (Å²) < 4.78 is 159. The topological polar surface area (TPSA) is 258 Å². The van der Waals surface area contributed by atoms with Crippen molar-refractivity contribution in [3.63, 3.8) is 0 Å². The second-order valence-corrected chi connectivity index (χ2v) is 31.8. The van der Waals surface area contributed by atoms with Gasteiger partial charge in [-0.25, -0.2) is 0 Å². The van der Waals surface area contributed by atoms with E-state index in [1.807, 2.05) is 6.08 Å². The summed E-state index contributed by atoms with van der Waals surface area (Å²) in [6.45, 7) is 30.3. The minimum Gasteiger partial charge on any atom is -0.382 e. The molecule has 0 spiro atoms. The van der Waals surface area contributed by atoms with Crippen LogP contribution in [-0.4, -0.2) is 372 Å². The zero-order valence-corrected chi connectivity index (χ0v) is 80.7. The lowest BCUT2D eigenvalue weighted by molar-refractivity contribution is -0.0281. The predicted molar refractivity (Wildman–Crippen MR) is 512 cm³/mol. The van der Waals surface area contributed by atoms with Crippen LogP contribution in [-0.2, 0) is 143 Å². The van der Waals surface area contributed by atoms with Crippen molar-refractivity contribution in [2.24, 2.45) is 0 Å². The highest BCUT2D eigenvalue weighted by Crippen LogP contribution is 2.56. The molecule has 0 aromatic heterocycles. The second-order valence-electron chi connectivity index (χ2n) is 30.9. The number of fused-ring (bicyclic) bond motifs is 6. The molecule has 0 fully saturated rings. The molecule has 5 aromatic carbocycles. The van der Waals surface area contributed by atoms with Crippen molar-refractivity contribution in [2.75, 3.05) is 372 Å². The van der Waals surface area contributed by atoms with Gasteiger partial charge in [0.2, 0.25) is 0 Å². The maximum absolute atomic E-state index is 6.34. The van der Waals surface area contributed by atoms with Gasteiger partial charge in [0.05, 0.1) is 317 Å². The summed E-state index contributed by atoms with van der Waals surface area (Å²) in [5.41, 5.74) is 15.4. The summed E-state index contributed by atoms with van der Waals surface area (Å²) in [5, 5.41) is 0. The molecular weight excluding hydrogens is 1750 g/mol. The third kappa shape index (κ3) is 48.5. The molecule has 738 valence electrons. The van der Waals surface area contributed by atoms with E-state index >= 15 is 0 Å². The smallest absolute Gasteiger partial charge is 0.0701 e. The zero-order valence-electron chi connectivity index (χ0n) is 79.1. The average molecular weight is 1910 g/mol. The van der Waals surface area contributed by atoms with Crippen molar-refractivity contribution in [2.45, 2.75) is 62.2 Å². The number of halogens is 1. The van der Waals surface area contributed by atoms with Crippen LogP contribution < -0.4 is 0 Å². The van der Waals surface area contributed by atoms with Gasteiger partial charge in [-0.15, -0.1) is 0 Å². The number of hydrogen-bond acceptors (Lipinski definition) is 28. The molecule has 2 aliphatic rings. The molecular formula is C102H155BrO28. The lowest BCUT2D eigenvalue weighted by Gasteiger charge is -2.33. The molecule has 29 heteroatoms. The van der Waals surface area contributed by atoms with Gasteiger partial charge in [0.25, 0.3) is 0 Å². The van der Waals surface area contributed by atoms with E-state index in [0.29, 0.717) is 344 Å². The molecule has 0 unspecified atom stereocenters. The standard InChI is InChI=1S/C102H155BrO28/c1-6-87-11-13-88(14-12-87)15-16-89-19-23-93-94-24-20-90(84-98(94)101(97(93)83-89,27-7-31-108-39-35-104-2)28-8-32-109-40-36-105-3)17-18-91-21-25-95-96-26-22-92(103)86-100(96)102(99(95)85-91,29-9-33-110-43-45-114-51-53-118-59-61-122-67-69-126-75-77-130-81-79-128-73-71-124-65-63-120-57-55-116-49-47-112-41-37-106-4)30-10-34-111-44-46-115-52-54-119-60-62-123-68-70-127-76-78-131-82-80-129-74-72-125-66-64-121-58-56-117-50-48-113-42-38-107-5/h6,11-26,83-86H,1,7-10,27-82H2,2-5H3/b16-15+,18-17+. The second kappa shape index (κ2) is 76.7. The van der Waals surface area contributed by atoms with Crippen LogP contribution in [0.4, 0.5) is 0 Å². The molecule has 0 bridgehead atoms. The molecule has 7 rings (SSSR count). The van der Waals surface area contributed by atoms with E-state index in [1.54, 1.807) is 28.4 Å². The molecule has 2 aliphatic carbocycles. The first kappa shape index (κ1) is 113. The van der Waals surface area contributed by atoms with E-state index in [2.05, 4.69) is 144 Å². The van der Waals surface area contributed by atoms with Gasteiger partial charge < -0.3 is 133 Å². The van der Waals surface area contributed by atoms with E-state index in [1.165, 1.54) is 44.5 Å². The number of rotatable bonds is 93. The first-order valence-corrected chi connectivity index (χ1v) is 47.8. The van der Waals surface area contributed by atoms with Gasteiger partial charge in [-0.3, -0.25) is 0 Å². The van der Waals surface area contributed by atoms with E-state index in [4.69, 9.17) is 133 Å². The summed E-state index contributed by atoms with van der Waals surface area (Å²) in [6, 6.07) is 36.3. The quantitative estimate of drug-likeness (QED) is 0.0259. The molecule has 0 aliphatic heterocycles. The van der Waals surface area contributed by atoms with E-state index < -0.39 is 0 Å². The van der Waals surface area contributed by atoms with Crippen LogP contribution >= 0.6 is 15.9 Å². The Bertz CT molecular complexity index is 3570. The van der Waals surface area contributed by atoms with Crippen LogP contribution in [0.15, 0.2) is 108 Å². The lowest BCUT2D eigenvalue weighted by atomic mass is 9.71. The first-order valence-electron chi connectivity index (χ1n) is 47.0. The van der Waals surface area contributed by atoms with Gasteiger partial charge in [-0.05, 0) is 136 Å². The Morgan fingerprint density at radius 3 is 0.557 bits per heavy atom. The molecule has 28 nitrogen and oxygen atoms in total. The fraction of sp³-hybridized carbons (Fsp3) is 0.647. The van der Waals surface area contributed by atoms with Gasteiger partial charge in [0, 0.05) is 70.2 Å². The average Bonchev–Trinajstić information content (AvgIpc) is 1.57. The maximum atomic E-state index is 6.34. The van der Waals surface area contributed by atoms with Crippen molar-refractivity contribution in [1.82, 2.24) is 0 Å². The highest BCUT2D eigenvalue weighted by molar-refractivity contribution is 9.10. The van der Waals surface area contributed by atoms with Gasteiger partial charge in [-0.2, -0.15) is 0 Å². The normalized spacial score (nSPS) is 13.1. The minimum absolute atomic E-state index is 0.302. The summed E-state index contributed by atoms with van der Waals surface area (Å²) in [7, 11) is 6.72. The van der Waals surface area contributed by atoms with Gasteiger partial charge in [-0.1, -0.05) is 138 Å². The lowest BCUT2D eigenvalue weighted by Crippen LogP contribution is -2.27. The van der Waals surface area contributed by atoms with Crippen LogP contribution in [0.3, 0.4) is 0 Å². The largest absolute Gasteiger partial charge is 0.382 e. The Morgan fingerprint density at radius 1 is 0.198 bits per heavy atom. The number of methoxy groups -OCH3 is 4. The Kier molecular flexibility index (Phi) is 66.0. The predicted octanol–water partition coefficient (Wildman–Crippen LogP) is 14.1. The molecule has 0 N–H and O–H groups in total. The molecule has 0 saturated carbocycles. The molecule has 0 atom stereocenters. The fourth-order valence-electron chi connectivity index (χ4n) is 15.1. The SMILES string of the molecule is C=Cc1ccc(/C=C/c2ccc3c(c2)C(CCCOCCOC)(CCCOCCOC)c2cc(/C=C/c4ccc5c(c4)C(CCCOCCOCCOCCOCCOCCOCCOCCOCCOCCOCCOCCOC)(CCCOCCOCCOCCOCCOCCOCCOCCOCCOCCOCCOCCOC)c4cc(Br)ccc4-5)ccc2-3)cc1. The monoisotopic (exact) mass is 1910 g/mol. The Balaban J connectivity index is 0.847. The summed E-state index contributed by atoms with van der Waals surface area (Å²) in [6.07, 6.45) is 17.8. The minimum atomic E-state index is -0.331. The van der Waals surface area contributed by atoms with Crippen molar-refractivity contribution >= 4 is 46.3 Å². The number of ether oxygens (including phenoxy) is 28. The number of benzene rings is 5. The summed E-state index contributed by atoms with van der Waals surface area (Å²) in [4.78, 5) is 0. The Morgan fingerprint density at radius 2 is 0.359 bits per heavy atom. The summed E-state index contributed by atoms with van der Waals surface area (Å²) >= 11 is 3.91. The van der Waals surface area contributed by atoms with Crippen LogP contribution in [0.2, 0.25) is 0 Å². The van der Waals surface area contributed by atoms with Crippen molar-refractivity contribution < 1.29 is 133 Å². The molecule has 0 saturated heterocycles. The third-order valence-corrected chi connectivity index (χ3v) is 22.1. The molecule has 0 radical (unpaired) electrons. The van der Waals surface area contributed by atoms with Gasteiger partial charge in [0.15, 0.2) is 0 Å².